The molecule has 0 saturated carbocycles. The molecule has 0 unspecified atom stereocenters. The summed E-state index contributed by atoms with van der Waals surface area (Å²) in [6.07, 6.45) is 3.42. The molecule has 128 valence electrons. The molecule has 4 nitrogen and oxygen atoms in total. The minimum absolute atomic E-state index is 0.700. The molecule has 4 rings (SSSR count). The van der Waals surface area contributed by atoms with Crippen LogP contribution in [-0.2, 0) is 11.2 Å². The number of imidazole rings is 1. The monoisotopic (exact) mass is 360 g/mol. The van der Waals surface area contributed by atoms with E-state index in [0.717, 1.165) is 34.1 Å². The van der Waals surface area contributed by atoms with Crippen LogP contribution in [0.1, 0.15) is 17.0 Å². The lowest BCUT2D eigenvalue weighted by Crippen LogP contribution is -1.91. The van der Waals surface area contributed by atoms with Gasteiger partial charge in [0.15, 0.2) is 0 Å². The van der Waals surface area contributed by atoms with Crippen LogP contribution >= 0.6 is 11.3 Å². The van der Waals surface area contributed by atoms with E-state index in [4.69, 9.17) is 10.1 Å². The average molecular weight is 360 g/mol. The Morgan fingerprint density at radius 2 is 1.96 bits per heavy atom. The minimum Gasteiger partial charge on any atom is -0.478 e. The highest BCUT2D eigenvalue weighted by atomic mass is 32.1. The van der Waals surface area contributed by atoms with Crippen molar-refractivity contribution in [3.8, 4) is 11.1 Å². The number of hydrogen-bond acceptors (Lipinski definition) is 3. The molecule has 0 radical (unpaired) electrons. The number of carboxylic acid groups (broad SMARTS) is 1. The van der Waals surface area contributed by atoms with E-state index in [1.165, 1.54) is 11.1 Å². The molecule has 0 amide bonds. The molecule has 0 fully saturated rings. The molecule has 0 aliphatic rings. The minimum atomic E-state index is -0.946. The summed E-state index contributed by atoms with van der Waals surface area (Å²) < 4.78 is 0. The Morgan fingerprint density at radius 1 is 1.12 bits per heavy atom. The number of thiophene rings is 1. The molecular weight excluding hydrogens is 344 g/mol. The SMILES string of the molecule is O=C(O)/C=C/c1ccc(Cc2nc3cc(-c4ccsc4)ccc3[nH]2)cc1. The molecule has 0 atom stereocenters. The second-order valence-electron chi connectivity index (χ2n) is 6.02. The van der Waals surface area contributed by atoms with Crippen molar-refractivity contribution in [2.24, 2.45) is 0 Å². The molecule has 0 bridgehead atoms. The molecule has 2 N–H and O–H groups in total. The summed E-state index contributed by atoms with van der Waals surface area (Å²) in [5.41, 5.74) is 6.36. The third-order valence-corrected chi connectivity index (χ3v) is 4.84. The average Bonchev–Trinajstić information content (AvgIpc) is 3.29. The van der Waals surface area contributed by atoms with Crippen molar-refractivity contribution in [1.29, 1.82) is 0 Å². The maximum absolute atomic E-state index is 10.6. The van der Waals surface area contributed by atoms with Crippen molar-refractivity contribution in [3.63, 3.8) is 0 Å². The second kappa shape index (κ2) is 6.98. The Kier molecular flexibility index (Phi) is 4.37. The van der Waals surface area contributed by atoms with Crippen molar-refractivity contribution in [3.05, 3.63) is 82.3 Å². The number of carboxylic acids is 1. The van der Waals surface area contributed by atoms with E-state index < -0.39 is 5.97 Å². The molecule has 5 heteroatoms. The molecule has 4 aromatic rings. The summed E-state index contributed by atoms with van der Waals surface area (Å²) >= 11 is 1.69. The Hall–Kier alpha value is -3.18. The van der Waals surface area contributed by atoms with Gasteiger partial charge in [-0.25, -0.2) is 9.78 Å². The van der Waals surface area contributed by atoms with Gasteiger partial charge in [0.2, 0.25) is 0 Å². The number of nitrogens with one attached hydrogen (secondary N) is 1. The van der Waals surface area contributed by atoms with Gasteiger partial charge in [0.1, 0.15) is 5.82 Å². The normalized spacial score (nSPS) is 11.4. The molecule has 0 spiro atoms. The summed E-state index contributed by atoms with van der Waals surface area (Å²) in [5.74, 6) is -0.0329. The first-order chi connectivity index (χ1) is 12.7. The summed E-state index contributed by atoms with van der Waals surface area (Å²) in [7, 11) is 0. The molecule has 2 heterocycles. The first-order valence-corrected chi connectivity index (χ1v) is 9.13. The van der Waals surface area contributed by atoms with Gasteiger partial charge in [-0.05, 0) is 57.3 Å². The fraction of sp³-hybridized carbons (Fsp3) is 0.0476. The van der Waals surface area contributed by atoms with Crippen LogP contribution in [0.25, 0.3) is 28.2 Å². The topological polar surface area (TPSA) is 66.0 Å². The number of rotatable bonds is 5. The predicted molar refractivity (Wildman–Crippen MR) is 105 cm³/mol. The van der Waals surface area contributed by atoms with E-state index >= 15 is 0 Å². The number of hydrogen-bond donors (Lipinski definition) is 2. The number of aliphatic carboxylic acids is 1. The van der Waals surface area contributed by atoms with Gasteiger partial charge in [-0.2, -0.15) is 11.3 Å². The highest BCUT2D eigenvalue weighted by molar-refractivity contribution is 7.08. The van der Waals surface area contributed by atoms with Gasteiger partial charge in [-0.3, -0.25) is 0 Å². The third kappa shape index (κ3) is 3.58. The zero-order valence-electron chi connectivity index (χ0n) is 13.8. The number of nitrogens with zero attached hydrogens (tertiary/aromatic N) is 1. The first kappa shape index (κ1) is 16.3. The molecule has 0 aliphatic heterocycles. The van der Waals surface area contributed by atoms with E-state index in [1.807, 2.05) is 24.3 Å². The standard InChI is InChI=1S/C21H16N2O2S/c24-21(25)8-5-14-1-3-15(4-2-14)11-20-22-18-7-6-16(12-19(18)23-20)17-9-10-26-13-17/h1-10,12-13H,11H2,(H,22,23)(H,24,25)/b8-5+. The molecular formula is C21H16N2O2S. The zero-order valence-corrected chi connectivity index (χ0v) is 14.7. The maximum Gasteiger partial charge on any atom is 0.328 e. The highest BCUT2D eigenvalue weighted by Crippen LogP contribution is 2.25. The number of aromatic amines is 1. The van der Waals surface area contributed by atoms with Crippen molar-refractivity contribution < 1.29 is 9.90 Å². The van der Waals surface area contributed by atoms with Gasteiger partial charge in [0, 0.05) is 12.5 Å². The van der Waals surface area contributed by atoms with Crippen molar-refractivity contribution >= 4 is 34.4 Å². The van der Waals surface area contributed by atoms with Crippen LogP contribution in [0.5, 0.6) is 0 Å². The van der Waals surface area contributed by atoms with Crippen LogP contribution in [0.2, 0.25) is 0 Å². The van der Waals surface area contributed by atoms with Crippen molar-refractivity contribution in [2.45, 2.75) is 6.42 Å². The predicted octanol–water partition coefficient (Wildman–Crippen LogP) is 4.98. The quantitative estimate of drug-likeness (QED) is 0.493. The lowest BCUT2D eigenvalue weighted by atomic mass is 10.1. The van der Waals surface area contributed by atoms with Crippen molar-refractivity contribution in [2.75, 3.05) is 0 Å². The summed E-state index contributed by atoms with van der Waals surface area (Å²) in [6.45, 7) is 0. The molecule has 2 aromatic heterocycles. The largest absolute Gasteiger partial charge is 0.478 e. The van der Waals surface area contributed by atoms with E-state index in [2.05, 4.69) is 40.0 Å². The van der Waals surface area contributed by atoms with E-state index in [9.17, 15) is 4.79 Å². The smallest absolute Gasteiger partial charge is 0.328 e. The molecule has 0 saturated heterocycles. The van der Waals surface area contributed by atoms with Crippen LogP contribution in [-0.4, -0.2) is 21.0 Å². The fourth-order valence-corrected chi connectivity index (χ4v) is 3.52. The Morgan fingerprint density at radius 3 is 2.69 bits per heavy atom. The van der Waals surface area contributed by atoms with Crippen LogP contribution < -0.4 is 0 Å². The Balaban J connectivity index is 1.54. The number of benzene rings is 2. The van der Waals surface area contributed by atoms with Gasteiger partial charge in [0.25, 0.3) is 0 Å². The number of H-pyrrole nitrogens is 1. The zero-order chi connectivity index (χ0) is 17.9. The fourth-order valence-electron chi connectivity index (χ4n) is 2.86. The van der Waals surface area contributed by atoms with Crippen LogP contribution in [0.3, 0.4) is 0 Å². The van der Waals surface area contributed by atoms with Crippen molar-refractivity contribution in [1.82, 2.24) is 9.97 Å². The lowest BCUT2D eigenvalue weighted by Gasteiger charge is -1.99. The lowest BCUT2D eigenvalue weighted by molar-refractivity contribution is -0.131. The summed E-state index contributed by atoms with van der Waals surface area (Å²) in [4.78, 5) is 18.7. The van der Waals surface area contributed by atoms with Gasteiger partial charge in [-0.1, -0.05) is 30.3 Å². The Labute approximate surface area is 154 Å². The van der Waals surface area contributed by atoms with Crippen LogP contribution in [0, 0.1) is 0 Å². The van der Waals surface area contributed by atoms with E-state index in [0.29, 0.717) is 6.42 Å². The number of carbonyl (C=O) groups is 1. The number of aromatic nitrogens is 2. The van der Waals surface area contributed by atoms with Gasteiger partial charge >= 0.3 is 5.97 Å². The summed E-state index contributed by atoms with van der Waals surface area (Å²) in [6, 6.07) is 16.2. The number of fused-ring (bicyclic) bond motifs is 1. The highest BCUT2D eigenvalue weighted by Gasteiger charge is 2.06. The third-order valence-electron chi connectivity index (χ3n) is 4.16. The van der Waals surface area contributed by atoms with E-state index in [1.54, 1.807) is 17.4 Å². The van der Waals surface area contributed by atoms with Crippen LogP contribution in [0.4, 0.5) is 0 Å². The Bertz CT molecular complexity index is 1080. The molecule has 2 aromatic carbocycles. The second-order valence-corrected chi connectivity index (χ2v) is 6.80. The van der Waals surface area contributed by atoms with Gasteiger partial charge in [0.05, 0.1) is 11.0 Å². The van der Waals surface area contributed by atoms with E-state index in [-0.39, 0.29) is 0 Å². The molecule has 0 aliphatic carbocycles. The molecule has 26 heavy (non-hydrogen) atoms. The maximum atomic E-state index is 10.6. The van der Waals surface area contributed by atoms with Crippen LogP contribution in [0.15, 0.2) is 65.4 Å². The van der Waals surface area contributed by atoms with Gasteiger partial charge < -0.3 is 10.1 Å². The summed E-state index contributed by atoms with van der Waals surface area (Å²) in [5, 5.41) is 12.9. The first-order valence-electron chi connectivity index (χ1n) is 8.18. The van der Waals surface area contributed by atoms with Gasteiger partial charge in [-0.15, -0.1) is 0 Å².